The quantitative estimate of drug-likeness (QED) is 0.449. The average Bonchev–Trinajstić information content (AvgIpc) is 2.22. The van der Waals surface area contributed by atoms with E-state index in [0.717, 1.165) is 0 Å². The predicted octanol–water partition coefficient (Wildman–Crippen LogP) is 2.21. The van der Waals surface area contributed by atoms with Crippen LogP contribution in [0.25, 0.3) is 0 Å². The smallest absolute Gasteiger partial charge is 0.238 e. The summed E-state index contributed by atoms with van der Waals surface area (Å²) in [5.74, 6) is -0.332. The number of carbonyl (C=O) groups is 1. The number of phenols is 2. The summed E-state index contributed by atoms with van der Waals surface area (Å²) in [6, 6.07) is 3.96. The summed E-state index contributed by atoms with van der Waals surface area (Å²) < 4.78 is 0. The van der Waals surface area contributed by atoms with Gasteiger partial charge in [0.1, 0.15) is 11.5 Å². The molecule has 0 aliphatic heterocycles. The zero-order chi connectivity index (χ0) is 11.4. The highest BCUT2D eigenvalue weighted by Gasteiger charge is 2.14. The number of rotatable bonds is 3. The van der Waals surface area contributed by atoms with E-state index in [1.165, 1.54) is 18.2 Å². The number of alkyl halides is 1. The van der Waals surface area contributed by atoms with Gasteiger partial charge in [-0.3, -0.25) is 4.79 Å². The molecule has 0 saturated heterocycles. The fourth-order valence-electron chi connectivity index (χ4n) is 1.02. The summed E-state index contributed by atoms with van der Waals surface area (Å²) in [7, 11) is 0. The first-order valence-electron chi connectivity index (χ1n) is 4.51. The second kappa shape index (κ2) is 5.02. The van der Waals surface area contributed by atoms with E-state index in [0.29, 0.717) is 6.42 Å². The van der Waals surface area contributed by atoms with Gasteiger partial charge in [-0.2, -0.15) is 0 Å². The second-order valence-electron chi connectivity index (χ2n) is 3.07. The van der Waals surface area contributed by atoms with E-state index in [4.69, 9.17) is 0 Å². The normalized spacial score (nSPS) is 12.1. The van der Waals surface area contributed by atoms with Crippen LogP contribution in [0.1, 0.15) is 13.3 Å². The van der Waals surface area contributed by atoms with Crippen molar-refractivity contribution in [3.05, 3.63) is 18.2 Å². The Morgan fingerprint density at radius 3 is 2.80 bits per heavy atom. The third-order valence-electron chi connectivity index (χ3n) is 1.88. The van der Waals surface area contributed by atoms with Crippen molar-refractivity contribution in [2.75, 3.05) is 5.32 Å². The number of phenolic OH excluding ortho intramolecular Hbond substituents is 2. The van der Waals surface area contributed by atoms with Gasteiger partial charge in [0.05, 0.1) is 10.5 Å². The molecule has 1 amide bonds. The predicted molar refractivity (Wildman–Crippen MR) is 61.4 cm³/mol. The Balaban J connectivity index is 2.80. The molecular formula is C10H12BrNO3. The van der Waals surface area contributed by atoms with Crippen molar-refractivity contribution < 1.29 is 15.0 Å². The molecular weight excluding hydrogens is 262 g/mol. The summed E-state index contributed by atoms with van der Waals surface area (Å²) in [5, 5.41) is 21.1. The van der Waals surface area contributed by atoms with Crippen LogP contribution in [0.5, 0.6) is 11.5 Å². The number of carbonyl (C=O) groups excluding carboxylic acids is 1. The molecule has 1 aromatic carbocycles. The first-order chi connectivity index (χ1) is 7.04. The molecule has 0 aromatic heterocycles. The minimum atomic E-state index is -0.306. The zero-order valence-electron chi connectivity index (χ0n) is 8.20. The molecule has 5 heteroatoms. The molecule has 1 unspecified atom stereocenters. The van der Waals surface area contributed by atoms with E-state index in [2.05, 4.69) is 21.2 Å². The average molecular weight is 274 g/mol. The summed E-state index contributed by atoms with van der Waals surface area (Å²) in [5.41, 5.74) is 0.206. The van der Waals surface area contributed by atoms with Crippen molar-refractivity contribution in [2.45, 2.75) is 18.2 Å². The Morgan fingerprint density at radius 1 is 1.53 bits per heavy atom. The van der Waals surface area contributed by atoms with E-state index < -0.39 is 0 Å². The van der Waals surface area contributed by atoms with Gasteiger partial charge >= 0.3 is 0 Å². The summed E-state index contributed by atoms with van der Waals surface area (Å²) in [4.78, 5) is 11.2. The highest BCUT2D eigenvalue weighted by molar-refractivity contribution is 9.10. The van der Waals surface area contributed by atoms with Gasteiger partial charge in [0.15, 0.2) is 0 Å². The molecule has 4 nitrogen and oxygen atoms in total. The van der Waals surface area contributed by atoms with Gasteiger partial charge in [-0.15, -0.1) is 0 Å². The SMILES string of the molecule is CCC(Br)C(=O)Nc1cc(O)ccc1O. The fourth-order valence-corrected chi connectivity index (χ4v) is 1.14. The van der Waals surface area contributed by atoms with Gasteiger partial charge in [-0.25, -0.2) is 0 Å². The van der Waals surface area contributed by atoms with Gasteiger partial charge < -0.3 is 15.5 Å². The van der Waals surface area contributed by atoms with Crippen molar-refractivity contribution in [1.29, 1.82) is 0 Å². The van der Waals surface area contributed by atoms with E-state index >= 15 is 0 Å². The van der Waals surface area contributed by atoms with E-state index in [9.17, 15) is 15.0 Å². The standard InChI is InChI=1S/C10H12BrNO3/c1-2-7(11)10(15)12-8-5-6(13)3-4-9(8)14/h3-5,7,13-14H,2H2,1H3,(H,12,15). The number of anilines is 1. The van der Waals surface area contributed by atoms with E-state index in [1.807, 2.05) is 6.92 Å². The number of amides is 1. The lowest BCUT2D eigenvalue weighted by atomic mass is 10.2. The zero-order valence-corrected chi connectivity index (χ0v) is 9.78. The van der Waals surface area contributed by atoms with Crippen LogP contribution in [0.3, 0.4) is 0 Å². The van der Waals surface area contributed by atoms with Crippen molar-refractivity contribution in [3.63, 3.8) is 0 Å². The van der Waals surface area contributed by atoms with E-state index in [-0.39, 0.29) is 27.9 Å². The minimum absolute atomic E-state index is 0.00859. The third-order valence-corrected chi connectivity index (χ3v) is 2.94. The molecule has 0 bridgehead atoms. The maximum atomic E-state index is 11.5. The van der Waals surface area contributed by atoms with Gasteiger partial charge in [0.25, 0.3) is 0 Å². The Morgan fingerprint density at radius 2 is 2.20 bits per heavy atom. The number of aromatic hydroxyl groups is 2. The monoisotopic (exact) mass is 273 g/mol. The van der Waals surface area contributed by atoms with Gasteiger partial charge in [0, 0.05) is 6.07 Å². The molecule has 0 aliphatic carbocycles. The topological polar surface area (TPSA) is 69.6 Å². The van der Waals surface area contributed by atoms with Gasteiger partial charge in [0.2, 0.25) is 5.91 Å². The molecule has 0 aliphatic rings. The molecule has 0 heterocycles. The van der Waals surface area contributed by atoms with Crippen LogP contribution in [-0.4, -0.2) is 20.9 Å². The Kier molecular flexibility index (Phi) is 3.96. The molecule has 0 saturated carbocycles. The van der Waals surface area contributed by atoms with Crippen LogP contribution in [0.2, 0.25) is 0 Å². The van der Waals surface area contributed by atoms with Crippen molar-refractivity contribution in [3.8, 4) is 11.5 Å². The van der Waals surface area contributed by atoms with Crippen LogP contribution >= 0.6 is 15.9 Å². The third kappa shape index (κ3) is 3.13. The lowest BCUT2D eigenvalue weighted by Gasteiger charge is -2.10. The lowest BCUT2D eigenvalue weighted by molar-refractivity contribution is -0.115. The van der Waals surface area contributed by atoms with Crippen molar-refractivity contribution in [1.82, 2.24) is 0 Å². The molecule has 0 spiro atoms. The molecule has 1 atom stereocenters. The first kappa shape index (κ1) is 11.8. The largest absolute Gasteiger partial charge is 0.508 e. The second-order valence-corrected chi connectivity index (χ2v) is 4.17. The molecule has 1 aromatic rings. The fraction of sp³-hybridized carbons (Fsp3) is 0.300. The Hall–Kier alpha value is -1.23. The lowest BCUT2D eigenvalue weighted by Crippen LogP contribution is -2.21. The summed E-state index contributed by atoms with van der Waals surface area (Å²) >= 11 is 3.19. The van der Waals surface area contributed by atoms with Crippen LogP contribution in [0, 0.1) is 0 Å². The number of benzene rings is 1. The molecule has 0 radical (unpaired) electrons. The maximum Gasteiger partial charge on any atom is 0.238 e. The number of hydrogen-bond acceptors (Lipinski definition) is 3. The van der Waals surface area contributed by atoms with Crippen molar-refractivity contribution in [2.24, 2.45) is 0 Å². The first-order valence-corrected chi connectivity index (χ1v) is 5.43. The van der Waals surface area contributed by atoms with Crippen molar-refractivity contribution >= 4 is 27.5 Å². The molecule has 15 heavy (non-hydrogen) atoms. The summed E-state index contributed by atoms with van der Waals surface area (Å²) in [6.45, 7) is 1.86. The minimum Gasteiger partial charge on any atom is -0.508 e. The van der Waals surface area contributed by atoms with Gasteiger partial charge in [-0.1, -0.05) is 22.9 Å². The molecule has 3 N–H and O–H groups in total. The number of hydrogen-bond donors (Lipinski definition) is 3. The van der Waals surface area contributed by atoms with Gasteiger partial charge in [-0.05, 0) is 18.6 Å². The molecule has 0 fully saturated rings. The highest BCUT2D eigenvalue weighted by Crippen LogP contribution is 2.27. The number of nitrogens with one attached hydrogen (secondary N) is 1. The van der Waals surface area contributed by atoms with Crippen LogP contribution in [0.4, 0.5) is 5.69 Å². The highest BCUT2D eigenvalue weighted by atomic mass is 79.9. The van der Waals surface area contributed by atoms with Crippen LogP contribution < -0.4 is 5.32 Å². The Bertz CT molecular complexity index is 368. The maximum absolute atomic E-state index is 11.5. The van der Waals surface area contributed by atoms with Crippen LogP contribution in [-0.2, 0) is 4.79 Å². The molecule has 82 valence electrons. The number of halogens is 1. The Labute approximate surface area is 96.1 Å². The summed E-state index contributed by atoms with van der Waals surface area (Å²) in [6.07, 6.45) is 0.644. The van der Waals surface area contributed by atoms with Crippen LogP contribution in [0.15, 0.2) is 18.2 Å². The molecule has 1 rings (SSSR count). The van der Waals surface area contributed by atoms with E-state index in [1.54, 1.807) is 0 Å².